The zero-order chi connectivity index (χ0) is 13.7. The first-order valence-corrected chi connectivity index (χ1v) is 5.87. The smallest absolute Gasteiger partial charge is 0.292 e. The molecule has 2 aromatic heterocycles. The van der Waals surface area contributed by atoms with Crippen LogP contribution in [-0.2, 0) is 18.3 Å². The Morgan fingerprint density at radius 2 is 2.21 bits per heavy atom. The zero-order valence-corrected chi connectivity index (χ0v) is 10.5. The van der Waals surface area contributed by atoms with Crippen molar-refractivity contribution in [2.24, 2.45) is 7.05 Å². The topological polar surface area (TPSA) is 76.9 Å². The summed E-state index contributed by atoms with van der Waals surface area (Å²) in [5.41, 5.74) is 0.289. The number of hydrogen-bond donors (Lipinski definition) is 1. The molecule has 0 atom stereocenters. The van der Waals surface area contributed by atoms with Gasteiger partial charge in [-0.2, -0.15) is 0 Å². The molecule has 2 rings (SSSR count). The van der Waals surface area contributed by atoms with Crippen LogP contribution in [0.4, 0.5) is 0 Å². The highest BCUT2D eigenvalue weighted by molar-refractivity contribution is 6.42. The van der Waals surface area contributed by atoms with Gasteiger partial charge in [0.2, 0.25) is 0 Å². The van der Waals surface area contributed by atoms with Crippen LogP contribution in [-0.4, -0.2) is 32.8 Å². The van der Waals surface area contributed by atoms with Crippen molar-refractivity contribution in [3.63, 3.8) is 0 Å². The number of nitrogens with zero attached hydrogens (tertiary/aromatic N) is 3. The Kier molecular flexibility index (Phi) is 4.02. The molecule has 1 N–H and O–H groups in total. The van der Waals surface area contributed by atoms with Gasteiger partial charge >= 0.3 is 0 Å². The lowest BCUT2D eigenvalue weighted by molar-refractivity contribution is -0.116. The number of nitrogens with one attached hydrogen (secondary N) is 1. The molecule has 0 fully saturated rings. The van der Waals surface area contributed by atoms with Gasteiger partial charge in [-0.05, 0) is 12.1 Å². The predicted octanol–water partition coefficient (Wildman–Crippen LogP) is 0.357. The summed E-state index contributed by atoms with van der Waals surface area (Å²) in [6.45, 7) is 0.371. The first-order chi connectivity index (χ1) is 9.18. The predicted molar refractivity (Wildman–Crippen MR) is 68.5 cm³/mol. The fraction of sp³-hybridized carbons (Fsp3) is 0.231. The lowest BCUT2D eigenvalue weighted by atomic mass is 10.2. The van der Waals surface area contributed by atoms with Crippen molar-refractivity contribution >= 4 is 11.7 Å². The number of imidazole rings is 1. The first-order valence-electron chi connectivity index (χ1n) is 5.87. The molecule has 0 unspecified atom stereocenters. The van der Waals surface area contributed by atoms with E-state index >= 15 is 0 Å². The summed E-state index contributed by atoms with van der Waals surface area (Å²) in [4.78, 5) is 31.3. The van der Waals surface area contributed by atoms with Gasteiger partial charge in [0.15, 0.2) is 0 Å². The number of aromatic nitrogens is 3. The maximum absolute atomic E-state index is 11.7. The molecule has 0 radical (unpaired) electrons. The first kappa shape index (κ1) is 12.9. The number of ketones is 1. The van der Waals surface area contributed by atoms with E-state index in [0.29, 0.717) is 13.0 Å². The van der Waals surface area contributed by atoms with Crippen molar-refractivity contribution < 1.29 is 9.59 Å². The number of carbonyl (C=O) groups excluding carboxylic acids is 2. The van der Waals surface area contributed by atoms with E-state index in [1.54, 1.807) is 24.5 Å². The van der Waals surface area contributed by atoms with E-state index in [1.807, 2.05) is 17.8 Å². The second kappa shape index (κ2) is 5.90. The van der Waals surface area contributed by atoms with Gasteiger partial charge in [-0.3, -0.25) is 14.6 Å². The molecule has 6 heteroatoms. The maximum atomic E-state index is 11.7. The lowest BCUT2D eigenvalue weighted by Gasteiger charge is -2.04. The number of aryl methyl sites for hydroxylation is 1. The standard InChI is InChI=1S/C13H14N4O2/c1-17-8-7-15-11(17)4-6-16-13(19)12(18)10-3-2-5-14-9-10/h2-3,5,7-9H,4,6H2,1H3,(H,16,19). The summed E-state index contributed by atoms with van der Waals surface area (Å²) < 4.78 is 1.87. The maximum Gasteiger partial charge on any atom is 0.292 e. The lowest BCUT2D eigenvalue weighted by Crippen LogP contribution is -2.33. The van der Waals surface area contributed by atoms with E-state index in [-0.39, 0.29) is 5.56 Å². The minimum Gasteiger partial charge on any atom is -0.349 e. The second-order valence-electron chi connectivity index (χ2n) is 4.03. The molecule has 6 nitrogen and oxygen atoms in total. The van der Waals surface area contributed by atoms with Crippen LogP contribution in [0.1, 0.15) is 16.2 Å². The molecule has 0 aliphatic rings. The van der Waals surface area contributed by atoms with Crippen molar-refractivity contribution in [3.8, 4) is 0 Å². The zero-order valence-electron chi connectivity index (χ0n) is 10.5. The summed E-state index contributed by atoms with van der Waals surface area (Å²) in [6.07, 6.45) is 7.03. The van der Waals surface area contributed by atoms with E-state index in [0.717, 1.165) is 5.82 Å². The van der Waals surface area contributed by atoms with Gasteiger partial charge in [-0.25, -0.2) is 4.98 Å². The SMILES string of the molecule is Cn1ccnc1CCNC(=O)C(=O)c1cccnc1. The fourth-order valence-electron chi connectivity index (χ4n) is 1.63. The Morgan fingerprint density at radius 3 is 2.84 bits per heavy atom. The van der Waals surface area contributed by atoms with Crippen molar-refractivity contribution in [1.29, 1.82) is 0 Å². The Hall–Kier alpha value is -2.50. The average Bonchev–Trinajstić information content (AvgIpc) is 2.84. The minimum atomic E-state index is -0.623. The van der Waals surface area contributed by atoms with E-state index in [2.05, 4.69) is 15.3 Å². The molecule has 0 aliphatic carbocycles. The van der Waals surface area contributed by atoms with Crippen molar-refractivity contribution in [2.75, 3.05) is 6.54 Å². The van der Waals surface area contributed by atoms with Crippen LogP contribution in [0, 0.1) is 0 Å². The highest BCUT2D eigenvalue weighted by Crippen LogP contribution is 1.98. The van der Waals surface area contributed by atoms with Gasteiger partial charge in [0.25, 0.3) is 11.7 Å². The third-order valence-electron chi connectivity index (χ3n) is 2.69. The van der Waals surface area contributed by atoms with Gasteiger partial charge in [-0.1, -0.05) is 0 Å². The van der Waals surface area contributed by atoms with Gasteiger partial charge in [0.05, 0.1) is 0 Å². The van der Waals surface area contributed by atoms with E-state index < -0.39 is 11.7 Å². The van der Waals surface area contributed by atoms with E-state index in [1.165, 1.54) is 6.20 Å². The highest BCUT2D eigenvalue weighted by atomic mass is 16.2. The monoisotopic (exact) mass is 258 g/mol. The van der Waals surface area contributed by atoms with Gasteiger partial charge in [0.1, 0.15) is 5.82 Å². The second-order valence-corrected chi connectivity index (χ2v) is 4.03. The number of Topliss-reactive ketones (excluding diaryl/α,β-unsaturated/α-hetero) is 1. The summed E-state index contributed by atoms with van der Waals surface area (Å²) >= 11 is 0. The number of rotatable bonds is 5. The quantitative estimate of drug-likeness (QED) is 0.620. The van der Waals surface area contributed by atoms with E-state index in [4.69, 9.17) is 0 Å². The summed E-state index contributed by atoms with van der Waals surface area (Å²) in [6, 6.07) is 3.18. The minimum absolute atomic E-state index is 0.289. The molecule has 0 spiro atoms. The number of hydrogen-bond acceptors (Lipinski definition) is 4. The summed E-state index contributed by atoms with van der Waals surface area (Å²) in [5, 5.41) is 2.58. The molecular formula is C13H14N4O2. The molecule has 0 aromatic carbocycles. The molecule has 2 aromatic rings. The highest BCUT2D eigenvalue weighted by Gasteiger charge is 2.15. The van der Waals surface area contributed by atoms with Crippen LogP contribution < -0.4 is 5.32 Å². The largest absolute Gasteiger partial charge is 0.349 e. The molecule has 0 saturated heterocycles. The Bertz CT molecular complexity index is 577. The molecule has 1 amide bonds. The number of amides is 1. The molecule has 0 aliphatic heterocycles. The van der Waals surface area contributed by atoms with Gasteiger partial charge < -0.3 is 9.88 Å². The molecule has 98 valence electrons. The summed E-state index contributed by atoms with van der Waals surface area (Å²) in [5.74, 6) is -0.343. The van der Waals surface area contributed by atoms with Crippen LogP contribution in [0.5, 0.6) is 0 Å². The number of pyridine rings is 1. The van der Waals surface area contributed by atoms with Crippen molar-refractivity contribution in [2.45, 2.75) is 6.42 Å². The van der Waals surface area contributed by atoms with Crippen LogP contribution >= 0.6 is 0 Å². The molecule has 0 saturated carbocycles. The van der Waals surface area contributed by atoms with E-state index in [9.17, 15) is 9.59 Å². The van der Waals surface area contributed by atoms with Crippen LogP contribution in [0.25, 0.3) is 0 Å². The Morgan fingerprint density at radius 1 is 1.37 bits per heavy atom. The molecule has 2 heterocycles. The van der Waals surface area contributed by atoms with Gasteiger partial charge in [-0.15, -0.1) is 0 Å². The number of carbonyl (C=O) groups is 2. The fourth-order valence-corrected chi connectivity index (χ4v) is 1.63. The van der Waals surface area contributed by atoms with Crippen LogP contribution in [0.2, 0.25) is 0 Å². The molecular weight excluding hydrogens is 244 g/mol. The average molecular weight is 258 g/mol. The Labute approximate surface area is 110 Å². The normalized spacial score (nSPS) is 10.2. The summed E-state index contributed by atoms with van der Waals surface area (Å²) in [7, 11) is 1.88. The van der Waals surface area contributed by atoms with Crippen LogP contribution in [0.15, 0.2) is 36.9 Å². The van der Waals surface area contributed by atoms with Gasteiger partial charge in [0, 0.05) is 50.4 Å². The molecule has 19 heavy (non-hydrogen) atoms. The van der Waals surface area contributed by atoms with Crippen molar-refractivity contribution in [3.05, 3.63) is 48.3 Å². The van der Waals surface area contributed by atoms with Crippen molar-refractivity contribution in [1.82, 2.24) is 19.9 Å². The third kappa shape index (κ3) is 3.25. The van der Waals surface area contributed by atoms with Crippen LogP contribution in [0.3, 0.4) is 0 Å². The third-order valence-corrected chi connectivity index (χ3v) is 2.69. The Balaban J connectivity index is 1.85. The molecule has 0 bridgehead atoms.